The number of nitro groups is 1. The molecule has 0 saturated heterocycles. The van der Waals surface area contributed by atoms with Gasteiger partial charge in [0.05, 0.1) is 4.92 Å². The van der Waals surface area contributed by atoms with Gasteiger partial charge >= 0.3 is 0 Å². The molecule has 0 heterocycles. The lowest BCUT2D eigenvalue weighted by molar-refractivity contribution is -0.385. The van der Waals surface area contributed by atoms with Crippen LogP contribution in [0.4, 0.5) is 11.4 Å². The number of carbonyl (C=O) groups is 1. The zero-order valence-electron chi connectivity index (χ0n) is 11.3. The summed E-state index contributed by atoms with van der Waals surface area (Å²) >= 11 is 0. The minimum Gasteiger partial charge on any atom is -0.399 e. The van der Waals surface area contributed by atoms with Crippen molar-refractivity contribution in [2.45, 2.75) is 33.2 Å². The molecule has 104 valence electrons. The summed E-state index contributed by atoms with van der Waals surface area (Å²) in [6.45, 7) is 5.93. The maximum Gasteiger partial charge on any atom is 0.282 e. The lowest BCUT2D eigenvalue weighted by Gasteiger charge is -2.20. The van der Waals surface area contributed by atoms with E-state index in [-0.39, 0.29) is 23.2 Å². The number of nitrogens with zero attached hydrogens (tertiary/aromatic N) is 1. The Morgan fingerprint density at radius 2 is 2.11 bits per heavy atom. The van der Waals surface area contributed by atoms with Crippen LogP contribution >= 0.6 is 0 Å². The normalized spacial score (nSPS) is 12.2. The average molecular weight is 265 g/mol. The largest absolute Gasteiger partial charge is 0.399 e. The smallest absolute Gasteiger partial charge is 0.282 e. The van der Waals surface area contributed by atoms with Crippen LogP contribution in [0.2, 0.25) is 0 Å². The number of nitrogen functional groups attached to an aromatic ring is 1. The van der Waals surface area contributed by atoms with Gasteiger partial charge in [0.25, 0.3) is 11.6 Å². The molecule has 1 rings (SSSR count). The highest BCUT2D eigenvalue weighted by atomic mass is 16.6. The molecule has 0 aliphatic carbocycles. The maximum atomic E-state index is 12.1. The molecule has 0 aromatic heterocycles. The van der Waals surface area contributed by atoms with Crippen LogP contribution in [0.1, 0.15) is 37.6 Å². The van der Waals surface area contributed by atoms with Crippen LogP contribution in [-0.4, -0.2) is 16.9 Å². The topological polar surface area (TPSA) is 98.3 Å². The molecule has 0 aliphatic rings. The van der Waals surface area contributed by atoms with Gasteiger partial charge in [0.1, 0.15) is 5.56 Å². The monoisotopic (exact) mass is 265 g/mol. The first-order valence-electron chi connectivity index (χ1n) is 6.21. The van der Waals surface area contributed by atoms with Crippen molar-refractivity contribution in [1.82, 2.24) is 5.32 Å². The van der Waals surface area contributed by atoms with E-state index in [2.05, 4.69) is 5.32 Å². The molecule has 3 N–H and O–H groups in total. The van der Waals surface area contributed by atoms with Crippen molar-refractivity contribution in [1.29, 1.82) is 0 Å². The van der Waals surface area contributed by atoms with Crippen LogP contribution in [0.25, 0.3) is 0 Å². The number of hydrogen-bond acceptors (Lipinski definition) is 4. The molecule has 0 spiro atoms. The molecule has 0 fully saturated rings. The predicted octanol–water partition coefficient (Wildman–Crippen LogP) is 2.34. The third-order valence-electron chi connectivity index (χ3n) is 3.02. The molecule has 0 saturated carbocycles. The van der Waals surface area contributed by atoms with Gasteiger partial charge in [-0.15, -0.1) is 0 Å². The summed E-state index contributed by atoms with van der Waals surface area (Å²) in [6.07, 6.45) is 0.763. The van der Waals surface area contributed by atoms with Gasteiger partial charge in [-0.1, -0.05) is 20.8 Å². The van der Waals surface area contributed by atoms with E-state index in [1.807, 2.05) is 20.8 Å². The molecule has 19 heavy (non-hydrogen) atoms. The van der Waals surface area contributed by atoms with Crippen molar-refractivity contribution in [3.63, 3.8) is 0 Å². The van der Waals surface area contributed by atoms with E-state index in [0.29, 0.717) is 5.69 Å². The van der Waals surface area contributed by atoms with Crippen LogP contribution in [-0.2, 0) is 0 Å². The molecule has 6 heteroatoms. The lowest BCUT2D eigenvalue weighted by Crippen LogP contribution is -2.38. The Balaban J connectivity index is 3.05. The van der Waals surface area contributed by atoms with Crippen molar-refractivity contribution in [2.24, 2.45) is 5.92 Å². The lowest BCUT2D eigenvalue weighted by atomic mass is 10.0. The summed E-state index contributed by atoms with van der Waals surface area (Å²) in [5.41, 5.74) is 5.69. The van der Waals surface area contributed by atoms with Crippen LogP contribution in [0.5, 0.6) is 0 Å². The quantitative estimate of drug-likeness (QED) is 0.485. The minimum atomic E-state index is -0.579. The summed E-state index contributed by atoms with van der Waals surface area (Å²) in [5.74, 6) is -0.200. The van der Waals surface area contributed by atoms with E-state index in [9.17, 15) is 14.9 Å². The van der Waals surface area contributed by atoms with Crippen molar-refractivity contribution in [2.75, 3.05) is 5.73 Å². The molecule has 6 nitrogen and oxygen atoms in total. The standard InChI is InChI=1S/C13H19N3O3/c1-4-11(8(2)3)15-13(17)10-7-9(14)5-6-12(10)16(18)19/h5-8,11H,4,14H2,1-3H3,(H,15,17). The minimum absolute atomic E-state index is 0.00380. The Hall–Kier alpha value is -2.11. The van der Waals surface area contributed by atoms with Crippen molar-refractivity contribution < 1.29 is 9.72 Å². The van der Waals surface area contributed by atoms with Crippen molar-refractivity contribution in [3.05, 3.63) is 33.9 Å². The highest BCUT2D eigenvalue weighted by Gasteiger charge is 2.23. The van der Waals surface area contributed by atoms with Gasteiger partial charge in [0.2, 0.25) is 0 Å². The van der Waals surface area contributed by atoms with E-state index in [4.69, 9.17) is 5.73 Å². The van der Waals surface area contributed by atoms with E-state index >= 15 is 0 Å². The summed E-state index contributed by atoms with van der Waals surface area (Å²) in [5, 5.41) is 13.7. The fraction of sp³-hybridized carbons (Fsp3) is 0.462. The number of rotatable bonds is 5. The Morgan fingerprint density at radius 1 is 1.47 bits per heavy atom. The Bertz CT molecular complexity index is 486. The summed E-state index contributed by atoms with van der Waals surface area (Å²) < 4.78 is 0. The number of nitro benzene ring substituents is 1. The molecule has 1 unspecified atom stereocenters. The second kappa shape index (κ2) is 6.17. The van der Waals surface area contributed by atoms with E-state index < -0.39 is 10.8 Å². The molecule has 0 bridgehead atoms. The summed E-state index contributed by atoms with van der Waals surface area (Å²) in [6, 6.07) is 3.98. The molecule has 1 aromatic carbocycles. The number of carbonyl (C=O) groups excluding carboxylic acids is 1. The molecular weight excluding hydrogens is 246 g/mol. The number of amides is 1. The number of anilines is 1. The number of benzene rings is 1. The van der Waals surface area contributed by atoms with Gasteiger partial charge < -0.3 is 11.1 Å². The van der Waals surface area contributed by atoms with E-state index in [1.54, 1.807) is 0 Å². The molecule has 1 aromatic rings. The first-order valence-corrected chi connectivity index (χ1v) is 6.21. The fourth-order valence-electron chi connectivity index (χ4n) is 1.88. The Morgan fingerprint density at radius 3 is 2.58 bits per heavy atom. The van der Waals surface area contributed by atoms with Crippen LogP contribution < -0.4 is 11.1 Å². The van der Waals surface area contributed by atoms with Gasteiger partial charge in [-0.2, -0.15) is 0 Å². The summed E-state index contributed by atoms with van der Waals surface area (Å²) in [4.78, 5) is 22.5. The fourth-order valence-corrected chi connectivity index (χ4v) is 1.88. The van der Waals surface area contributed by atoms with Gasteiger partial charge in [-0.05, 0) is 24.5 Å². The van der Waals surface area contributed by atoms with Crippen LogP contribution in [0, 0.1) is 16.0 Å². The SMILES string of the molecule is CCC(NC(=O)c1cc(N)ccc1[N+](=O)[O-])C(C)C. The Labute approximate surface area is 112 Å². The molecular formula is C13H19N3O3. The number of hydrogen-bond donors (Lipinski definition) is 2. The third-order valence-corrected chi connectivity index (χ3v) is 3.02. The van der Waals surface area contributed by atoms with Crippen LogP contribution in [0.3, 0.4) is 0 Å². The summed E-state index contributed by atoms with van der Waals surface area (Å²) in [7, 11) is 0. The third kappa shape index (κ3) is 3.67. The molecule has 0 aliphatic heterocycles. The predicted molar refractivity (Wildman–Crippen MR) is 73.9 cm³/mol. The van der Waals surface area contributed by atoms with Crippen LogP contribution in [0.15, 0.2) is 18.2 Å². The van der Waals surface area contributed by atoms with Gasteiger partial charge in [0.15, 0.2) is 0 Å². The van der Waals surface area contributed by atoms with Crippen molar-refractivity contribution >= 4 is 17.3 Å². The second-order valence-electron chi connectivity index (χ2n) is 4.77. The van der Waals surface area contributed by atoms with E-state index in [1.165, 1.54) is 18.2 Å². The first kappa shape index (κ1) is 14.9. The number of nitrogens with one attached hydrogen (secondary N) is 1. The second-order valence-corrected chi connectivity index (χ2v) is 4.77. The zero-order chi connectivity index (χ0) is 14.6. The molecule has 0 radical (unpaired) electrons. The maximum absolute atomic E-state index is 12.1. The molecule has 1 atom stereocenters. The van der Waals surface area contributed by atoms with Crippen molar-refractivity contribution in [3.8, 4) is 0 Å². The van der Waals surface area contributed by atoms with Gasteiger partial charge in [-0.3, -0.25) is 14.9 Å². The highest BCUT2D eigenvalue weighted by molar-refractivity contribution is 5.99. The number of nitrogens with two attached hydrogens (primary N) is 1. The highest BCUT2D eigenvalue weighted by Crippen LogP contribution is 2.21. The average Bonchev–Trinajstić information content (AvgIpc) is 2.34. The Kier molecular flexibility index (Phi) is 4.86. The van der Waals surface area contributed by atoms with Gasteiger partial charge in [0, 0.05) is 17.8 Å². The van der Waals surface area contributed by atoms with Gasteiger partial charge in [-0.25, -0.2) is 0 Å². The molecule has 1 amide bonds. The first-order chi connectivity index (χ1) is 8.86. The zero-order valence-corrected chi connectivity index (χ0v) is 11.3. The van der Waals surface area contributed by atoms with E-state index in [0.717, 1.165) is 6.42 Å².